The first-order valence-electron chi connectivity index (χ1n) is 9.00. The van der Waals surface area contributed by atoms with Gasteiger partial charge in [-0.15, -0.1) is 15.7 Å². The van der Waals surface area contributed by atoms with E-state index in [1.54, 1.807) is 13.8 Å². The van der Waals surface area contributed by atoms with Crippen LogP contribution >= 0.6 is 11.3 Å². The minimum atomic E-state index is -3.53. The summed E-state index contributed by atoms with van der Waals surface area (Å²) in [5.74, 6) is 0.672. The van der Waals surface area contributed by atoms with E-state index >= 15 is 0 Å². The van der Waals surface area contributed by atoms with E-state index < -0.39 is 21.5 Å². The van der Waals surface area contributed by atoms with E-state index in [-0.39, 0.29) is 4.34 Å². The molecule has 1 aromatic heterocycles. The van der Waals surface area contributed by atoms with Crippen molar-refractivity contribution >= 4 is 33.0 Å². The first kappa shape index (κ1) is 19.3. The Morgan fingerprint density at radius 2 is 2.18 bits per heavy atom. The molecule has 0 fully saturated rings. The summed E-state index contributed by atoms with van der Waals surface area (Å²) in [4.78, 5) is 17.0. The highest BCUT2D eigenvalue weighted by atomic mass is 32.2. The molecule has 0 saturated heterocycles. The molecule has 2 aliphatic rings. The van der Waals surface area contributed by atoms with Gasteiger partial charge in [-0.25, -0.2) is 19.1 Å². The van der Waals surface area contributed by atoms with Crippen LogP contribution in [0.5, 0.6) is 5.75 Å². The van der Waals surface area contributed by atoms with Crippen molar-refractivity contribution in [2.45, 2.75) is 49.5 Å². The number of carbonyl (C=O) groups excluding carboxylic acids is 1. The van der Waals surface area contributed by atoms with E-state index in [0.29, 0.717) is 22.9 Å². The fourth-order valence-corrected chi connectivity index (χ4v) is 5.58. The second-order valence-corrected chi connectivity index (χ2v) is 10.5. The third-order valence-corrected chi connectivity index (χ3v) is 7.95. The number of nitrogens with one attached hydrogen (secondary N) is 1. The topological polar surface area (TPSA) is 127 Å². The van der Waals surface area contributed by atoms with Crippen LogP contribution in [0.1, 0.15) is 41.8 Å². The van der Waals surface area contributed by atoms with Crippen molar-refractivity contribution in [3.8, 4) is 5.75 Å². The molecule has 28 heavy (non-hydrogen) atoms. The average Bonchev–Trinajstić information content (AvgIpc) is 3.33. The third kappa shape index (κ3) is 3.52. The maximum absolute atomic E-state index is 12.8. The monoisotopic (exact) mass is 422 g/mol. The van der Waals surface area contributed by atoms with Crippen molar-refractivity contribution in [2.24, 2.45) is 9.50 Å². The fraction of sp³-hybridized carbons (Fsp3) is 0.444. The first-order chi connectivity index (χ1) is 13.1. The van der Waals surface area contributed by atoms with Crippen molar-refractivity contribution in [1.82, 2.24) is 4.98 Å². The van der Waals surface area contributed by atoms with Gasteiger partial charge in [-0.2, -0.15) is 0 Å². The Kier molecular flexibility index (Phi) is 4.69. The summed E-state index contributed by atoms with van der Waals surface area (Å²) in [5, 5.41) is 18.6. The van der Waals surface area contributed by atoms with Crippen LogP contribution < -0.4 is 15.2 Å². The average molecular weight is 423 g/mol. The highest BCUT2D eigenvalue weighted by Gasteiger charge is 2.27. The van der Waals surface area contributed by atoms with E-state index in [0.717, 1.165) is 48.1 Å². The molecule has 2 heterocycles. The molecule has 1 atom stereocenters. The normalized spacial score (nSPS) is 17.4. The Balaban J connectivity index is 1.65. The Hall–Kier alpha value is -2.01. The molecule has 1 aliphatic carbocycles. The van der Waals surface area contributed by atoms with Crippen LogP contribution in [0.2, 0.25) is 0 Å². The van der Waals surface area contributed by atoms with Crippen LogP contribution in [0.3, 0.4) is 0 Å². The molecule has 0 radical (unpaired) electrons. The number of nitrogens with zero attached hydrogens (tertiary/aromatic N) is 2. The number of fused-ring (bicyclic) bond motifs is 2. The van der Waals surface area contributed by atoms with Crippen LogP contribution in [0.15, 0.2) is 21.0 Å². The smallest absolute Gasteiger partial charge is 0.355 e. The number of ether oxygens (including phenoxy) is 1. The van der Waals surface area contributed by atoms with Crippen molar-refractivity contribution < 1.29 is 18.8 Å². The predicted molar refractivity (Wildman–Crippen MR) is 107 cm³/mol. The van der Waals surface area contributed by atoms with Crippen LogP contribution in [0.25, 0.3) is 0 Å². The molecule has 8 nitrogen and oxygen atoms in total. The third-order valence-electron chi connectivity index (χ3n) is 4.84. The van der Waals surface area contributed by atoms with E-state index in [9.17, 15) is 14.1 Å². The minimum absolute atomic E-state index is 0.000422. The quantitative estimate of drug-likeness (QED) is 0.701. The number of amides is 2. The predicted octanol–water partition coefficient (Wildman–Crippen LogP) is 2.73. The number of anilines is 1. The number of hydrogen-bond acceptors (Lipinski definition) is 6. The lowest BCUT2D eigenvalue weighted by atomic mass is 10.0. The summed E-state index contributed by atoms with van der Waals surface area (Å²) in [7, 11) is -3.53. The number of nitrogens with two attached hydrogens (primary N) is 1. The van der Waals surface area contributed by atoms with Crippen LogP contribution in [-0.4, -0.2) is 26.9 Å². The Morgan fingerprint density at radius 1 is 1.39 bits per heavy atom. The lowest BCUT2D eigenvalue weighted by Gasteiger charge is -2.14. The Bertz CT molecular complexity index is 1050. The van der Waals surface area contributed by atoms with Gasteiger partial charge in [0.1, 0.15) is 5.75 Å². The van der Waals surface area contributed by atoms with E-state index in [1.165, 1.54) is 11.8 Å². The Morgan fingerprint density at radius 3 is 2.89 bits per heavy atom. The molecule has 0 unspecified atom stereocenters. The van der Waals surface area contributed by atoms with Gasteiger partial charge >= 0.3 is 6.03 Å². The SMILES string of the molecule is CC(C)(O)c1cnc([S@](N)(=O)=NC(=O)Nc2c3c(cc4c2OCC4)CCC3)s1. The fourth-order valence-electron chi connectivity index (χ4n) is 3.50. The van der Waals surface area contributed by atoms with Gasteiger partial charge in [0.25, 0.3) is 0 Å². The Labute approximate surface area is 167 Å². The molecule has 0 saturated carbocycles. The van der Waals surface area contributed by atoms with Crippen molar-refractivity contribution in [3.63, 3.8) is 0 Å². The first-order valence-corrected chi connectivity index (χ1v) is 11.4. The molecule has 2 aromatic rings. The summed E-state index contributed by atoms with van der Waals surface area (Å²) in [6.07, 6.45) is 5.03. The summed E-state index contributed by atoms with van der Waals surface area (Å²) < 4.78 is 22.2. The van der Waals surface area contributed by atoms with Gasteiger partial charge < -0.3 is 15.2 Å². The number of hydrogen-bond donors (Lipinski definition) is 3. The second kappa shape index (κ2) is 6.80. The molecule has 150 valence electrons. The largest absolute Gasteiger partial charge is 0.491 e. The number of aliphatic hydroxyl groups is 1. The molecule has 0 bridgehead atoms. The van der Waals surface area contributed by atoms with Gasteiger partial charge in [-0.05, 0) is 49.8 Å². The number of benzene rings is 1. The lowest BCUT2D eigenvalue weighted by Crippen LogP contribution is -2.18. The van der Waals surface area contributed by atoms with E-state index in [4.69, 9.17) is 9.88 Å². The zero-order chi connectivity index (χ0) is 20.1. The minimum Gasteiger partial charge on any atom is -0.491 e. The molecular weight excluding hydrogens is 400 g/mol. The summed E-state index contributed by atoms with van der Waals surface area (Å²) in [6, 6.07) is 1.35. The molecule has 4 rings (SSSR count). The number of carbonyl (C=O) groups is 1. The highest BCUT2D eigenvalue weighted by molar-refractivity contribution is 7.93. The van der Waals surface area contributed by atoms with Gasteiger partial charge in [-0.3, -0.25) is 0 Å². The maximum Gasteiger partial charge on any atom is 0.355 e. The van der Waals surface area contributed by atoms with Crippen LogP contribution in [0, 0.1) is 0 Å². The highest BCUT2D eigenvalue weighted by Crippen LogP contribution is 2.42. The van der Waals surface area contributed by atoms with Crippen molar-refractivity contribution in [2.75, 3.05) is 11.9 Å². The summed E-state index contributed by atoms with van der Waals surface area (Å²) in [5.41, 5.74) is 2.80. The molecule has 2 amide bonds. The zero-order valence-electron chi connectivity index (χ0n) is 15.7. The standard InChI is InChI=1S/C18H22N4O4S2/c1-18(2,24)13-9-20-17(27-13)28(19,25)22-16(23)21-14-12-5-3-4-10(12)8-11-6-7-26-15(11)14/h8-9,24H,3-7H2,1-2H3,(H3,19,21,22,23,25)/t28-/m1/s1. The van der Waals surface area contributed by atoms with Crippen molar-refractivity contribution in [3.05, 3.63) is 33.8 Å². The number of thiazole rings is 1. The van der Waals surface area contributed by atoms with Gasteiger partial charge in [-0.1, -0.05) is 6.07 Å². The van der Waals surface area contributed by atoms with Crippen LogP contribution in [0.4, 0.5) is 10.5 Å². The van der Waals surface area contributed by atoms with E-state index in [2.05, 4.69) is 20.7 Å². The zero-order valence-corrected chi connectivity index (χ0v) is 17.3. The molecule has 1 aliphatic heterocycles. The molecular formula is C18H22N4O4S2. The number of rotatable bonds is 3. The molecule has 1 aromatic carbocycles. The van der Waals surface area contributed by atoms with Crippen LogP contribution in [-0.2, 0) is 34.8 Å². The van der Waals surface area contributed by atoms with E-state index in [1.807, 2.05) is 0 Å². The van der Waals surface area contributed by atoms with Gasteiger partial charge in [0, 0.05) is 12.6 Å². The van der Waals surface area contributed by atoms with Crippen molar-refractivity contribution in [1.29, 1.82) is 0 Å². The second-order valence-electron chi connectivity index (χ2n) is 7.47. The summed E-state index contributed by atoms with van der Waals surface area (Å²) in [6.45, 7) is 3.75. The molecule has 10 heteroatoms. The lowest BCUT2D eigenvalue weighted by molar-refractivity contribution is 0.0823. The number of aromatic nitrogens is 1. The van der Waals surface area contributed by atoms with Gasteiger partial charge in [0.2, 0.25) is 4.34 Å². The maximum atomic E-state index is 12.8. The summed E-state index contributed by atoms with van der Waals surface area (Å²) >= 11 is 0.975. The number of urea groups is 1. The van der Waals surface area contributed by atoms with Gasteiger partial charge in [0.05, 0.1) is 22.8 Å². The number of aryl methyl sites for hydroxylation is 1. The van der Waals surface area contributed by atoms with Gasteiger partial charge in [0.15, 0.2) is 9.92 Å². The molecule has 0 spiro atoms. The molecule has 4 N–H and O–H groups in total.